The summed E-state index contributed by atoms with van der Waals surface area (Å²) in [5.74, 6) is 0. The summed E-state index contributed by atoms with van der Waals surface area (Å²) in [6.07, 6.45) is 4.69. The highest BCUT2D eigenvalue weighted by Gasteiger charge is 2.14. The summed E-state index contributed by atoms with van der Waals surface area (Å²) in [5, 5.41) is 3.47. The van der Waals surface area contributed by atoms with Crippen molar-refractivity contribution in [3.8, 4) is 0 Å². The van der Waals surface area contributed by atoms with Crippen molar-refractivity contribution in [1.82, 2.24) is 5.32 Å². The van der Waals surface area contributed by atoms with Gasteiger partial charge in [-0.3, -0.25) is 0 Å². The van der Waals surface area contributed by atoms with Crippen LogP contribution in [0.5, 0.6) is 0 Å². The largest absolute Gasteiger partial charge is 0.388 e. The topological polar surface area (TPSA) is 12.0 Å². The first kappa shape index (κ1) is 11.5. The van der Waals surface area contributed by atoms with E-state index in [9.17, 15) is 0 Å². The lowest BCUT2D eigenvalue weighted by atomic mass is 9.91. The van der Waals surface area contributed by atoms with Gasteiger partial charge in [-0.25, -0.2) is 0 Å². The minimum Gasteiger partial charge on any atom is -0.388 e. The summed E-state index contributed by atoms with van der Waals surface area (Å²) in [7, 11) is 0. The monoisotopic (exact) mass is 169 g/mol. The number of hydrogen-bond acceptors (Lipinski definition) is 1. The third kappa shape index (κ3) is 4.42. The standard InChI is InChI=1S/C11H23N/c1-6-8-9-12-10(7-2)11(3,4)5/h7,12H,6,8-9H2,1-5H3/b10-7-. The highest BCUT2D eigenvalue weighted by Crippen LogP contribution is 2.22. The lowest BCUT2D eigenvalue weighted by Gasteiger charge is -2.24. The van der Waals surface area contributed by atoms with E-state index >= 15 is 0 Å². The summed E-state index contributed by atoms with van der Waals surface area (Å²) in [6, 6.07) is 0. The van der Waals surface area contributed by atoms with E-state index in [2.05, 4.69) is 46.0 Å². The Bertz CT molecular complexity index is 140. The van der Waals surface area contributed by atoms with Crippen LogP contribution in [0.25, 0.3) is 0 Å². The molecule has 0 heterocycles. The number of hydrogen-bond donors (Lipinski definition) is 1. The quantitative estimate of drug-likeness (QED) is 0.637. The Hall–Kier alpha value is -0.460. The van der Waals surface area contributed by atoms with Crippen LogP contribution in [0.2, 0.25) is 0 Å². The van der Waals surface area contributed by atoms with Crippen molar-refractivity contribution < 1.29 is 0 Å². The van der Waals surface area contributed by atoms with E-state index in [1.807, 2.05) is 0 Å². The highest BCUT2D eigenvalue weighted by molar-refractivity contribution is 5.06. The zero-order valence-electron chi connectivity index (χ0n) is 9.20. The van der Waals surface area contributed by atoms with E-state index < -0.39 is 0 Å². The molecule has 0 atom stereocenters. The van der Waals surface area contributed by atoms with E-state index in [4.69, 9.17) is 0 Å². The predicted octanol–water partition coefficient (Wildman–Crippen LogP) is 3.33. The van der Waals surface area contributed by atoms with Gasteiger partial charge in [0.2, 0.25) is 0 Å². The van der Waals surface area contributed by atoms with Gasteiger partial charge in [0.05, 0.1) is 0 Å². The van der Waals surface area contributed by atoms with E-state index in [0.717, 1.165) is 6.54 Å². The van der Waals surface area contributed by atoms with Crippen LogP contribution in [-0.4, -0.2) is 6.54 Å². The van der Waals surface area contributed by atoms with Gasteiger partial charge < -0.3 is 5.32 Å². The van der Waals surface area contributed by atoms with Crippen molar-refractivity contribution in [3.05, 3.63) is 11.8 Å². The lowest BCUT2D eigenvalue weighted by Crippen LogP contribution is -2.25. The molecule has 1 N–H and O–H groups in total. The molecule has 0 amide bonds. The molecule has 1 heteroatoms. The summed E-state index contributed by atoms with van der Waals surface area (Å²) in [6.45, 7) is 12.1. The first-order valence-electron chi connectivity index (χ1n) is 4.93. The summed E-state index contributed by atoms with van der Waals surface area (Å²) >= 11 is 0. The molecule has 0 rings (SSSR count). The second-order valence-electron chi connectivity index (χ2n) is 4.23. The zero-order chi connectivity index (χ0) is 9.61. The van der Waals surface area contributed by atoms with Crippen LogP contribution >= 0.6 is 0 Å². The van der Waals surface area contributed by atoms with Gasteiger partial charge in [0.1, 0.15) is 0 Å². The highest BCUT2D eigenvalue weighted by atomic mass is 14.9. The molecule has 72 valence electrons. The average Bonchev–Trinajstić information content (AvgIpc) is 1.95. The fourth-order valence-corrected chi connectivity index (χ4v) is 1.20. The molecule has 0 spiro atoms. The van der Waals surface area contributed by atoms with E-state index in [-0.39, 0.29) is 5.41 Å². The Balaban J connectivity index is 3.87. The van der Waals surface area contributed by atoms with Crippen LogP contribution in [-0.2, 0) is 0 Å². The van der Waals surface area contributed by atoms with Gasteiger partial charge in [-0.1, -0.05) is 40.2 Å². The maximum atomic E-state index is 3.47. The number of allylic oxidation sites excluding steroid dienone is 2. The number of unbranched alkanes of at least 4 members (excludes halogenated alkanes) is 1. The second-order valence-corrected chi connectivity index (χ2v) is 4.23. The van der Waals surface area contributed by atoms with Gasteiger partial charge in [-0.05, 0) is 13.3 Å². The van der Waals surface area contributed by atoms with Gasteiger partial charge in [0.15, 0.2) is 0 Å². The minimum absolute atomic E-state index is 0.266. The summed E-state index contributed by atoms with van der Waals surface area (Å²) in [4.78, 5) is 0. The molecule has 0 aromatic carbocycles. The van der Waals surface area contributed by atoms with Gasteiger partial charge in [0, 0.05) is 17.7 Å². The van der Waals surface area contributed by atoms with Gasteiger partial charge in [-0.15, -0.1) is 0 Å². The van der Waals surface area contributed by atoms with Crippen LogP contribution in [0.1, 0.15) is 47.5 Å². The third-order valence-corrected chi connectivity index (χ3v) is 1.94. The summed E-state index contributed by atoms with van der Waals surface area (Å²) in [5.41, 5.74) is 1.62. The van der Waals surface area contributed by atoms with Crippen molar-refractivity contribution in [3.63, 3.8) is 0 Å². The van der Waals surface area contributed by atoms with Crippen molar-refractivity contribution >= 4 is 0 Å². The fourth-order valence-electron chi connectivity index (χ4n) is 1.20. The van der Waals surface area contributed by atoms with Gasteiger partial charge >= 0.3 is 0 Å². The molecular weight excluding hydrogens is 146 g/mol. The Kier molecular flexibility index (Phi) is 5.03. The molecule has 0 aromatic heterocycles. The lowest BCUT2D eigenvalue weighted by molar-refractivity contribution is 0.456. The first-order chi connectivity index (χ1) is 5.52. The molecule has 0 bridgehead atoms. The molecule has 0 radical (unpaired) electrons. The molecule has 0 aromatic rings. The average molecular weight is 169 g/mol. The van der Waals surface area contributed by atoms with Crippen molar-refractivity contribution in [1.29, 1.82) is 0 Å². The molecule has 0 aliphatic heterocycles. The predicted molar refractivity (Wildman–Crippen MR) is 56.1 cm³/mol. The molecule has 0 aliphatic carbocycles. The van der Waals surface area contributed by atoms with Crippen molar-refractivity contribution in [2.24, 2.45) is 5.41 Å². The first-order valence-corrected chi connectivity index (χ1v) is 4.93. The zero-order valence-corrected chi connectivity index (χ0v) is 9.20. The Morgan fingerprint density at radius 2 is 1.92 bits per heavy atom. The second kappa shape index (κ2) is 5.23. The molecule has 0 aliphatic rings. The maximum absolute atomic E-state index is 3.47. The van der Waals surface area contributed by atoms with Crippen LogP contribution in [0.15, 0.2) is 11.8 Å². The molecule has 0 saturated heterocycles. The Morgan fingerprint density at radius 1 is 1.33 bits per heavy atom. The normalized spacial score (nSPS) is 13.2. The van der Waals surface area contributed by atoms with Crippen LogP contribution in [0, 0.1) is 5.41 Å². The maximum Gasteiger partial charge on any atom is 0.0143 e. The van der Waals surface area contributed by atoms with E-state index in [1.165, 1.54) is 18.5 Å². The smallest absolute Gasteiger partial charge is 0.0143 e. The van der Waals surface area contributed by atoms with Gasteiger partial charge in [0.25, 0.3) is 0 Å². The minimum atomic E-state index is 0.266. The Morgan fingerprint density at radius 3 is 2.25 bits per heavy atom. The van der Waals surface area contributed by atoms with Gasteiger partial charge in [-0.2, -0.15) is 0 Å². The Labute approximate surface area is 77.2 Å². The molecule has 12 heavy (non-hydrogen) atoms. The molecule has 0 unspecified atom stereocenters. The van der Waals surface area contributed by atoms with Crippen molar-refractivity contribution in [2.75, 3.05) is 6.54 Å². The van der Waals surface area contributed by atoms with Crippen LogP contribution in [0.4, 0.5) is 0 Å². The van der Waals surface area contributed by atoms with E-state index in [0.29, 0.717) is 0 Å². The molecular formula is C11H23N. The molecule has 0 saturated carbocycles. The van der Waals surface area contributed by atoms with Crippen LogP contribution in [0.3, 0.4) is 0 Å². The number of nitrogens with one attached hydrogen (secondary N) is 1. The van der Waals surface area contributed by atoms with E-state index in [1.54, 1.807) is 0 Å². The fraction of sp³-hybridized carbons (Fsp3) is 0.818. The number of rotatable bonds is 4. The van der Waals surface area contributed by atoms with Crippen LogP contribution < -0.4 is 5.32 Å². The molecule has 0 fully saturated rings. The third-order valence-electron chi connectivity index (χ3n) is 1.94. The SMILES string of the molecule is C/C=C(\NCCCC)C(C)(C)C. The summed E-state index contributed by atoms with van der Waals surface area (Å²) < 4.78 is 0. The van der Waals surface area contributed by atoms with Crippen molar-refractivity contribution in [2.45, 2.75) is 47.5 Å². The molecule has 1 nitrogen and oxygen atoms in total.